The molecule has 0 bridgehead atoms. The molecule has 0 aliphatic heterocycles. The molecule has 8 heteroatoms. The molecule has 3 aromatic heterocycles. The molecular weight excluding hydrogens is 395 g/mol. The minimum Gasteiger partial charge on any atom is -0.345 e. The normalized spacial score (nSPS) is 11.2. The van der Waals surface area contributed by atoms with Crippen molar-refractivity contribution >= 4 is 16.9 Å². The van der Waals surface area contributed by atoms with Crippen LogP contribution in [0.3, 0.4) is 0 Å². The number of benzene rings is 1. The van der Waals surface area contributed by atoms with Crippen LogP contribution in [0.5, 0.6) is 0 Å². The monoisotopic (exact) mass is 420 g/mol. The number of amides is 1. The van der Waals surface area contributed by atoms with Gasteiger partial charge in [-0.05, 0) is 44.0 Å². The lowest BCUT2D eigenvalue weighted by Gasteiger charge is -2.07. The summed E-state index contributed by atoms with van der Waals surface area (Å²) in [6, 6.07) is 10.9. The van der Waals surface area contributed by atoms with E-state index in [1.165, 1.54) is 18.3 Å². The Balaban J connectivity index is 1.23. The third-order valence-corrected chi connectivity index (χ3v) is 5.32. The van der Waals surface area contributed by atoms with E-state index >= 15 is 0 Å². The lowest BCUT2D eigenvalue weighted by Crippen LogP contribution is -2.25. The Morgan fingerprint density at radius 2 is 2.00 bits per heavy atom. The molecule has 31 heavy (non-hydrogen) atoms. The summed E-state index contributed by atoms with van der Waals surface area (Å²) in [5.74, 6) is 0.252. The average Bonchev–Trinajstić information content (AvgIpc) is 3.36. The molecule has 160 valence electrons. The molecule has 0 atom stereocenters. The third-order valence-electron chi connectivity index (χ3n) is 5.32. The lowest BCUT2D eigenvalue weighted by atomic mass is 10.2. The number of para-hydroxylation sites is 2. The van der Waals surface area contributed by atoms with Gasteiger partial charge in [0.25, 0.3) is 5.91 Å². The van der Waals surface area contributed by atoms with E-state index in [9.17, 15) is 9.18 Å². The van der Waals surface area contributed by atoms with Gasteiger partial charge in [-0.1, -0.05) is 18.6 Å². The second-order valence-electron chi connectivity index (χ2n) is 7.50. The molecular formula is C23H25FN6O. The number of rotatable bonds is 9. The molecule has 7 nitrogen and oxygen atoms in total. The van der Waals surface area contributed by atoms with Crippen molar-refractivity contribution in [2.75, 3.05) is 0 Å². The van der Waals surface area contributed by atoms with Crippen LogP contribution in [0.25, 0.3) is 11.0 Å². The van der Waals surface area contributed by atoms with Crippen molar-refractivity contribution in [2.24, 2.45) is 0 Å². The van der Waals surface area contributed by atoms with Crippen LogP contribution in [-0.2, 0) is 19.5 Å². The zero-order chi connectivity index (χ0) is 21.6. The molecule has 4 aromatic rings. The zero-order valence-electron chi connectivity index (χ0n) is 17.4. The van der Waals surface area contributed by atoms with E-state index in [-0.39, 0.29) is 18.1 Å². The summed E-state index contributed by atoms with van der Waals surface area (Å²) in [7, 11) is 0. The van der Waals surface area contributed by atoms with Gasteiger partial charge < -0.3 is 14.9 Å². The molecule has 0 aliphatic carbocycles. The molecule has 0 aliphatic rings. The number of H-pyrrole nitrogens is 1. The molecule has 0 saturated heterocycles. The minimum atomic E-state index is -0.437. The number of aryl methyl sites for hydroxylation is 2. The fourth-order valence-electron chi connectivity index (χ4n) is 3.56. The number of aromatic amines is 1. The number of hydrogen-bond acceptors (Lipinski definition) is 4. The topological polar surface area (TPSA) is 88.5 Å². The number of unbranched alkanes of at least 4 members (excludes halogenated alkanes) is 2. The fraction of sp³-hybridized carbons (Fsp3) is 0.304. The van der Waals surface area contributed by atoms with Crippen LogP contribution < -0.4 is 5.32 Å². The highest BCUT2D eigenvalue weighted by atomic mass is 19.1. The van der Waals surface area contributed by atoms with E-state index in [0.29, 0.717) is 5.69 Å². The molecule has 3 heterocycles. The Labute approximate surface area is 179 Å². The number of nitrogens with one attached hydrogen (secondary N) is 2. The summed E-state index contributed by atoms with van der Waals surface area (Å²) < 4.78 is 15.6. The van der Waals surface area contributed by atoms with Crippen molar-refractivity contribution < 1.29 is 9.18 Å². The Bertz CT molecular complexity index is 1150. The third kappa shape index (κ3) is 4.96. The SMILES string of the molecule is Cc1c(C(=O)NCc2ncccc2F)ncn1CCCCCc1nc2ccccc2[nH]1. The van der Waals surface area contributed by atoms with Crippen LogP contribution >= 0.6 is 0 Å². The van der Waals surface area contributed by atoms with Gasteiger partial charge in [-0.25, -0.2) is 14.4 Å². The van der Waals surface area contributed by atoms with E-state index in [0.717, 1.165) is 54.8 Å². The van der Waals surface area contributed by atoms with Gasteiger partial charge in [0, 0.05) is 24.9 Å². The van der Waals surface area contributed by atoms with Gasteiger partial charge in [-0.2, -0.15) is 0 Å². The molecule has 1 aromatic carbocycles. The van der Waals surface area contributed by atoms with E-state index in [1.54, 1.807) is 6.33 Å². The summed E-state index contributed by atoms with van der Waals surface area (Å²) >= 11 is 0. The maximum Gasteiger partial charge on any atom is 0.272 e. The number of nitrogens with zero attached hydrogens (tertiary/aromatic N) is 4. The van der Waals surface area contributed by atoms with E-state index < -0.39 is 5.82 Å². The second kappa shape index (κ2) is 9.51. The lowest BCUT2D eigenvalue weighted by molar-refractivity contribution is 0.0944. The van der Waals surface area contributed by atoms with Crippen LogP contribution in [0.1, 0.15) is 47.0 Å². The molecule has 2 N–H and O–H groups in total. The van der Waals surface area contributed by atoms with E-state index in [2.05, 4.69) is 25.3 Å². The average molecular weight is 420 g/mol. The maximum absolute atomic E-state index is 13.7. The van der Waals surface area contributed by atoms with Crippen molar-refractivity contribution in [2.45, 2.75) is 45.7 Å². The van der Waals surface area contributed by atoms with Gasteiger partial charge in [0.15, 0.2) is 0 Å². The van der Waals surface area contributed by atoms with Crippen LogP contribution in [-0.4, -0.2) is 30.4 Å². The molecule has 4 rings (SSSR count). The molecule has 0 radical (unpaired) electrons. The Morgan fingerprint density at radius 1 is 1.13 bits per heavy atom. The number of carbonyl (C=O) groups is 1. The van der Waals surface area contributed by atoms with E-state index in [4.69, 9.17) is 0 Å². The standard InChI is InChI=1S/C23H25FN6O/c1-16-22(23(31)26-14-20-17(24)8-7-12-25-20)27-15-30(16)13-6-2-3-11-21-28-18-9-4-5-10-19(18)29-21/h4-5,7-10,12,15H,2-3,6,11,13-14H2,1H3,(H,26,31)(H,28,29). The zero-order valence-corrected chi connectivity index (χ0v) is 17.4. The van der Waals surface area contributed by atoms with Gasteiger partial charge in [-0.15, -0.1) is 0 Å². The number of halogens is 1. The van der Waals surface area contributed by atoms with Crippen LogP contribution in [0.4, 0.5) is 4.39 Å². The summed E-state index contributed by atoms with van der Waals surface area (Å²) in [4.78, 5) is 28.6. The number of fused-ring (bicyclic) bond motifs is 1. The van der Waals surface area contributed by atoms with Crippen LogP contribution in [0, 0.1) is 12.7 Å². The molecule has 0 spiro atoms. The molecule has 1 amide bonds. The van der Waals surface area contributed by atoms with Gasteiger partial charge in [0.2, 0.25) is 0 Å². The number of carbonyl (C=O) groups excluding carboxylic acids is 1. The van der Waals surface area contributed by atoms with Crippen molar-refractivity contribution in [1.29, 1.82) is 0 Å². The Hall–Kier alpha value is -3.55. The van der Waals surface area contributed by atoms with Gasteiger partial charge in [0.1, 0.15) is 17.3 Å². The summed E-state index contributed by atoms with van der Waals surface area (Å²) in [5.41, 5.74) is 3.44. The fourth-order valence-corrected chi connectivity index (χ4v) is 3.56. The summed E-state index contributed by atoms with van der Waals surface area (Å²) in [5, 5.41) is 2.69. The predicted octanol–water partition coefficient (Wildman–Crippen LogP) is 3.94. The smallest absolute Gasteiger partial charge is 0.272 e. The van der Waals surface area contributed by atoms with Crippen molar-refractivity contribution in [3.63, 3.8) is 0 Å². The van der Waals surface area contributed by atoms with Gasteiger partial charge in [0.05, 0.1) is 29.6 Å². The first kappa shape index (κ1) is 20.7. The van der Waals surface area contributed by atoms with Crippen LogP contribution in [0.2, 0.25) is 0 Å². The first-order valence-electron chi connectivity index (χ1n) is 10.4. The Morgan fingerprint density at radius 3 is 2.84 bits per heavy atom. The highest BCUT2D eigenvalue weighted by Crippen LogP contribution is 2.13. The van der Waals surface area contributed by atoms with Crippen molar-refractivity contribution in [3.05, 3.63) is 77.6 Å². The van der Waals surface area contributed by atoms with Crippen LogP contribution in [0.15, 0.2) is 48.9 Å². The van der Waals surface area contributed by atoms with Gasteiger partial charge in [-0.3, -0.25) is 9.78 Å². The Kier molecular flexibility index (Phi) is 6.35. The van der Waals surface area contributed by atoms with E-state index in [1.807, 2.05) is 35.8 Å². The second-order valence-corrected chi connectivity index (χ2v) is 7.50. The molecule has 0 fully saturated rings. The molecule has 0 unspecified atom stereocenters. The number of pyridine rings is 1. The number of hydrogen-bond donors (Lipinski definition) is 2. The summed E-state index contributed by atoms with van der Waals surface area (Å²) in [6.45, 7) is 2.69. The van der Waals surface area contributed by atoms with Crippen molar-refractivity contribution in [1.82, 2.24) is 29.8 Å². The number of aromatic nitrogens is 5. The molecule has 0 saturated carbocycles. The number of imidazole rings is 2. The highest BCUT2D eigenvalue weighted by molar-refractivity contribution is 5.93. The minimum absolute atomic E-state index is 0.0274. The quantitative estimate of drug-likeness (QED) is 0.402. The predicted molar refractivity (Wildman–Crippen MR) is 116 cm³/mol. The largest absolute Gasteiger partial charge is 0.345 e. The first-order valence-corrected chi connectivity index (χ1v) is 10.4. The van der Waals surface area contributed by atoms with Gasteiger partial charge >= 0.3 is 0 Å². The van der Waals surface area contributed by atoms with Crippen molar-refractivity contribution in [3.8, 4) is 0 Å². The maximum atomic E-state index is 13.7. The highest BCUT2D eigenvalue weighted by Gasteiger charge is 2.15. The summed E-state index contributed by atoms with van der Waals surface area (Å²) in [6.07, 6.45) is 7.17. The first-order chi connectivity index (χ1) is 15.1.